The molecule has 2 fully saturated rings. The second-order valence-corrected chi connectivity index (χ2v) is 10.5. The Morgan fingerprint density at radius 1 is 1.05 bits per heavy atom. The highest BCUT2D eigenvalue weighted by molar-refractivity contribution is 5.92. The summed E-state index contributed by atoms with van der Waals surface area (Å²) in [6.07, 6.45) is 0.883. The standard InChI is InChI=1S/C16H9F3N2O3.C12H21N3O2/c1-7-11(18)5-9-14(22)10(16(23)24)6-21(15(9)20-7)13-3-2-8(17)4-12(13)19;1-6(2)11(16)14-7(3)12(17)15-10-8-4-13-5-9(8)10/h2-6H,1H3,(H,23,24);6-10,13H,4-5H2,1-3H3,(H,14,16)(H,15,17)/t;7-,8-,9+,10?/m.0/s1. The van der Waals surface area contributed by atoms with Gasteiger partial charge in [0.1, 0.15) is 34.7 Å². The number of carbonyl (C=O) groups is 3. The second kappa shape index (κ2) is 11.7. The normalized spacial score (nSPS) is 19.7. The van der Waals surface area contributed by atoms with Crippen molar-refractivity contribution in [3.05, 3.63) is 69.4 Å². The monoisotopic (exact) mass is 573 g/mol. The van der Waals surface area contributed by atoms with Gasteiger partial charge < -0.3 is 21.1 Å². The summed E-state index contributed by atoms with van der Waals surface area (Å²) in [7, 11) is 0. The van der Waals surface area contributed by atoms with E-state index in [1.54, 1.807) is 6.92 Å². The number of nitrogens with zero attached hydrogens (tertiary/aromatic N) is 2. The van der Waals surface area contributed by atoms with E-state index in [4.69, 9.17) is 5.11 Å². The van der Waals surface area contributed by atoms with Gasteiger partial charge in [-0.05, 0) is 43.9 Å². The number of halogens is 3. The van der Waals surface area contributed by atoms with Crippen LogP contribution in [0.5, 0.6) is 0 Å². The van der Waals surface area contributed by atoms with Crippen molar-refractivity contribution in [3.8, 4) is 5.69 Å². The lowest BCUT2D eigenvalue weighted by Gasteiger charge is -2.16. The number of carbonyl (C=O) groups excluding carboxylic acids is 2. The van der Waals surface area contributed by atoms with Crippen LogP contribution in [0.2, 0.25) is 0 Å². The van der Waals surface area contributed by atoms with Crippen LogP contribution in [0.1, 0.15) is 36.8 Å². The van der Waals surface area contributed by atoms with E-state index in [0.29, 0.717) is 23.9 Å². The zero-order chi connectivity index (χ0) is 30.2. The van der Waals surface area contributed by atoms with Gasteiger partial charge in [-0.25, -0.2) is 22.9 Å². The van der Waals surface area contributed by atoms with Gasteiger partial charge in [0.2, 0.25) is 17.2 Å². The topological polar surface area (TPSA) is 142 Å². The Labute approximate surface area is 233 Å². The van der Waals surface area contributed by atoms with Gasteiger partial charge in [0.05, 0.1) is 16.8 Å². The van der Waals surface area contributed by atoms with Crippen LogP contribution in [0.3, 0.4) is 0 Å². The van der Waals surface area contributed by atoms with Gasteiger partial charge in [-0.3, -0.25) is 19.0 Å². The van der Waals surface area contributed by atoms with Crippen molar-refractivity contribution in [1.82, 2.24) is 25.5 Å². The van der Waals surface area contributed by atoms with Crippen LogP contribution in [0, 0.1) is 42.1 Å². The van der Waals surface area contributed by atoms with Gasteiger partial charge in [-0.1, -0.05) is 13.8 Å². The van der Waals surface area contributed by atoms with E-state index >= 15 is 0 Å². The number of rotatable bonds is 6. The second-order valence-electron chi connectivity index (χ2n) is 10.5. The molecule has 1 aromatic carbocycles. The van der Waals surface area contributed by atoms with Gasteiger partial charge in [0, 0.05) is 37.3 Å². The van der Waals surface area contributed by atoms with Crippen LogP contribution in [0.4, 0.5) is 13.2 Å². The highest BCUT2D eigenvalue weighted by Crippen LogP contribution is 2.41. The van der Waals surface area contributed by atoms with Crippen molar-refractivity contribution in [2.24, 2.45) is 17.8 Å². The number of nitrogens with one attached hydrogen (secondary N) is 3. The van der Waals surface area contributed by atoms with Gasteiger partial charge in [0.15, 0.2) is 0 Å². The molecule has 2 aromatic heterocycles. The molecule has 218 valence electrons. The minimum absolute atomic E-state index is 0.0544. The lowest BCUT2D eigenvalue weighted by Crippen LogP contribution is -2.47. The molecule has 2 amide bonds. The number of amides is 2. The molecule has 1 saturated heterocycles. The molecular weight excluding hydrogens is 543 g/mol. The maximum atomic E-state index is 14.1. The van der Waals surface area contributed by atoms with E-state index in [1.165, 1.54) is 6.92 Å². The highest BCUT2D eigenvalue weighted by atomic mass is 19.1. The molecule has 0 bridgehead atoms. The fourth-order valence-corrected chi connectivity index (χ4v) is 4.69. The lowest BCUT2D eigenvalue weighted by atomic mass is 10.1. The number of carboxylic acids is 1. The average Bonchev–Trinajstić information content (AvgIpc) is 3.30. The Morgan fingerprint density at radius 3 is 2.29 bits per heavy atom. The van der Waals surface area contributed by atoms with Crippen LogP contribution in [0.25, 0.3) is 16.7 Å². The Balaban J connectivity index is 0.000000201. The number of hydrogen-bond donors (Lipinski definition) is 4. The summed E-state index contributed by atoms with van der Waals surface area (Å²) >= 11 is 0. The van der Waals surface area contributed by atoms with E-state index in [2.05, 4.69) is 20.9 Å². The minimum Gasteiger partial charge on any atom is -0.477 e. The molecule has 0 radical (unpaired) electrons. The van der Waals surface area contributed by atoms with Crippen LogP contribution in [0.15, 0.2) is 35.3 Å². The zero-order valence-corrected chi connectivity index (χ0v) is 22.8. The third-order valence-corrected chi connectivity index (χ3v) is 7.18. The molecule has 41 heavy (non-hydrogen) atoms. The number of aromatic carboxylic acids is 1. The maximum absolute atomic E-state index is 14.1. The van der Waals surface area contributed by atoms with Crippen molar-refractivity contribution in [3.63, 3.8) is 0 Å². The van der Waals surface area contributed by atoms with Crippen LogP contribution >= 0.6 is 0 Å². The zero-order valence-electron chi connectivity index (χ0n) is 22.8. The smallest absolute Gasteiger partial charge is 0.341 e. The Bertz CT molecular complexity index is 1580. The van der Waals surface area contributed by atoms with Gasteiger partial charge in [-0.15, -0.1) is 0 Å². The van der Waals surface area contributed by atoms with E-state index in [9.17, 15) is 32.3 Å². The molecule has 1 unspecified atom stereocenters. The van der Waals surface area contributed by atoms with Crippen molar-refractivity contribution < 1.29 is 32.7 Å². The first-order chi connectivity index (χ1) is 19.3. The summed E-state index contributed by atoms with van der Waals surface area (Å²) in [4.78, 5) is 50.7. The van der Waals surface area contributed by atoms with Crippen molar-refractivity contribution in [2.45, 2.75) is 39.8 Å². The van der Waals surface area contributed by atoms with Gasteiger partial charge in [-0.2, -0.15) is 0 Å². The van der Waals surface area contributed by atoms with Crippen molar-refractivity contribution in [2.75, 3.05) is 13.1 Å². The number of carboxylic acid groups (broad SMARTS) is 1. The first kappa shape index (κ1) is 29.7. The Hall–Kier alpha value is -4.26. The number of piperidine rings is 1. The molecule has 3 heterocycles. The number of fused-ring (bicyclic) bond motifs is 2. The fraction of sp³-hybridized carbons (Fsp3) is 0.393. The highest BCUT2D eigenvalue weighted by Gasteiger charge is 2.53. The summed E-state index contributed by atoms with van der Waals surface area (Å²) in [6.45, 7) is 8.71. The first-order valence-electron chi connectivity index (χ1n) is 13.0. The quantitative estimate of drug-likeness (QED) is 0.355. The largest absolute Gasteiger partial charge is 0.477 e. The van der Waals surface area contributed by atoms with Crippen LogP contribution in [-0.2, 0) is 9.59 Å². The predicted molar refractivity (Wildman–Crippen MR) is 143 cm³/mol. The Morgan fingerprint density at radius 2 is 1.71 bits per heavy atom. The molecular formula is C28H30F3N5O5. The van der Waals surface area contributed by atoms with E-state index in [-0.39, 0.29) is 40.1 Å². The summed E-state index contributed by atoms with van der Waals surface area (Å²) in [6, 6.07) is 3.38. The number of aryl methyl sites for hydroxylation is 1. The van der Waals surface area contributed by atoms with Crippen LogP contribution in [-0.4, -0.2) is 57.6 Å². The first-order valence-corrected chi connectivity index (χ1v) is 13.0. The summed E-state index contributed by atoms with van der Waals surface area (Å²) in [5.41, 5.74) is -2.03. The van der Waals surface area contributed by atoms with Gasteiger partial charge in [0.25, 0.3) is 0 Å². The minimum atomic E-state index is -1.56. The Kier molecular flexibility index (Phi) is 8.47. The van der Waals surface area contributed by atoms with Crippen molar-refractivity contribution in [1.29, 1.82) is 0 Å². The molecule has 1 saturated carbocycles. The third-order valence-electron chi connectivity index (χ3n) is 7.18. The molecule has 4 N–H and O–H groups in total. The average molecular weight is 574 g/mol. The molecule has 0 spiro atoms. The SMILES string of the molecule is CC(C)C(=O)N[C@@H](C)C(=O)NC1[C@H]2CNC[C@@H]12.Cc1nc2c(cc1F)c(=O)c(C(=O)O)cn2-c1ccc(F)cc1F. The van der Waals surface area contributed by atoms with E-state index in [0.717, 1.165) is 42.1 Å². The van der Waals surface area contributed by atoms with Crippen LogP contribution < -0.4 is 21.4 Å². The fourth-order valence-electron chi connectivity index (χ4n) is 4.69. The lowest BCUT2D eigenvalue weighted by molar-refractivity contribution is -0.130. The molecule has 4 atom stereocenters. The van der Waals surface area contributed by atoms with E-state index in [1.807, 2.05) is 13.8 Å². The molecule has 5 rings (SSSR count). The third kappa shape index (κ3) is 6.24. The number of aromatic nitrogens is 2. The summed E-state index contributed by atoms with van der Waals surface area (Å²) in [5.74, 6) is -3.19. The number of benzene rings is 1. The molecule has 13 heteroatoms. The summed E-state index contributed by atoms with van der Waals surface area (Å²) < 4.78 is 41.9. The maximum Gasteiger partial charge on any atom is 0.341 e. The van der Waals surface area contributed by atoms with Crippen molar-refractivity contribution >= 4 is 28.8 Å². The summed E-state index contributed by atoms with van der Waals surface area (Å²) in [5, 5.41) is 17.8. The molecule has 3 aromatic rings. The number of hydrogen-bond acceptors (Lipinski definition) is 6. The van der Waals surface area contributed by atoms with E-state index < -0.39 is 40.5 Å². The molecule has 1 aliphatic heterocycles. The predicted octanol–water partition coefficient (Wildman–Crippen LogP) is 2.29. The number of pyridine rings is 2. The van der Waals surface area contributed by atoms with Gasteiger partial charge >= 0.3 is 5.97 Å². The molecule has 1 aliphatic carbocycles. The molecule has 10 nitrogen and oxygen atoms in total. The molecule has 2 aliphatic rings.